The Morgan fingerprint density at radius 2 is 1.62 bits per heavy atom. The van der Waals surface area contributed by atoms with Gasteiger partial charge in [0.25, 0.3) is 0 Å². The molecule has 6 heteroatoms. The number of nitrogens with one attached hydrogen (secondary N) is 1. The van der Waals surface area contributed by atoms with E-state index in [0.717, 1.165) is 6.07 Å². The van der Waals surface area contributed by atoms with Crippen LogP contribution in [0.2, 0.25) is 5.02 Å². The van der Waals surface area contributed by atoms with Crippen LogP contribution in [-0.4, -0.2) is 4.98 Å². The van der Waals surface area contributed by atoms with Crippen molar-refractivity contribution in [2.75, 3.05) is 0 Å². The molecule has 0 radical (unpaired) electrons. The third-order valence-electron chi connectivity index (χ3n) is 3.17. The van der Waals surface area contributed by atoms with Crippen LogP contribution in [0.5, 0.6) is 0 Å². The van der Waals surface area contributed by atoms with E-state index in [2.05, 4.69) is 4.98 Å². The van der Waals surface area contributed by atoms with Crippen LogP contribution in [0, 0.1) is 5.82 Å². The zero-order valence-corrected chi connectivity index (χ0v) is 11.2. The van der Waals surface area contributed by atoms with Gasteiger partial charge in [-0.15, -0.1) is 0 Å². The van der Waals surface area contributed by atoms with E-state index in [-0.39, 0.29) is 0 Å². The zero-order chi connectivity index (χ0) is 15.2. The standard InChI is InChI=1S/C15H8ClF4N/c16-12-7-13-9(6-14(21-13)15(18,19)20)5-11(12)8-1-3-10(17)4-2-8/h1-7,21H. The Hall–Kier alpha value is -2.01. The summed E-state index contributed by atoms with van der Waals surface area (Å²) >= 11 is 6.11. The third kappa shape index (κ3) is 2.61. The molecule has 0 saturated heterocycles. The second-order valence-electron chi connectivity index (χ2n) is 4.61. The van der Waals surface area contributed by atoms with Crippen LogP contribution < -0.4 is 0 Å². The largest absolute Gasteiger partial charge is 0.431 e. The van der Waals surface area contributed by atoms with Crippen LogP contribution in [-0.2, 0) is 6.18 Å². The van der Waals surface area contributed by atoms with Crippen LogP contribution >= 0.6 is 11.6 Å². The van der Waals surface area contributed by atoms with Gasteiger partial charge in [-0.2, -0.15) is 13.2 Å². The molecule has 2 aromatic carbocycles. The average molecular weight is 314 g/mol. The van der Waals surface area contributed by atoms with E-state index in [9.17, 15) is 17.6 Å². The summed E-state index contributed by atoms with van der Waals surface area (Å²) in [5, 5.41) is 0.690. The van der Waals surface area contributed by atoms with Crippen LogP contribution in [0.3, 0.4) is 0 Å². The molecule has 1 heterocycles. The molecule has 1 N–H and O–H groups in total. The van der Waals surface area contributed by atoms with Crippen molar-refractivity contribution < 1.29 is 17.6 Å². The Morgan fingerprint density at radius 3 is 2.24 bits per heavy atom. The summed E-state index contributed by atoms with van der Waals surface area (Å²) < 4.78 is 51.0. The molecule has 0 amide bonds. The molecule has 0 bridgehead atoms. The van der Waals surface area contributed by atoms with E-state index in [1.54, 1.807) is 6.07 Å². The Labute approximate surface area is 122 Å². The molecule has 1 aromatic heterocycles. The second-order valence-corrected chi connectivity index (χ2v) is 5.01. The zero-order valence-electron chi connectivity index (χ0n) is 10.4. The Kier molecular flexibility index (Phi) is 3.17. The van der Waals surface area contributed by atoms with Crippen molar-refractivity contribution in [1.29, 1.82) is 0 Å². The van der Waals surface area contributed by atoms with Gasteiger partial charge in [-0.3, -0.25) is 0 Å². The molecule has 21 heavy (non-hydrogen) atoms. The van der Waals surface area contributed by atoms with Crippen molar-refractivity contribution in [3.63, 3.8) is 0 Å². The van der Waals surface area contributed by atoms with E-state index in [4.69, 9.17) is 11.6 Å². The van der Waals surface area contributed by atoms with Gasteiger partial charge in [0.2, 0.25) is 0 Å². The smallest absolute Gasteiger partial charge is 0.351 e. The summed E-state index contributed by atoms with van der Waals surface area (Å²) in [6, 6.07) is 9.61. The molecule has 3 rings (SSSR count). The highest BCUT2D eigenvalue weighted by molar-refractivity contribution is 6.34. The number of benzene rings is 2. The predicted molar refractivity (Wildman–Crippen MR) is 73.7 cm³/mol. The molecule has 0 saturated carbocycles. The van der Waals surface area contributed by atoms with Crippen LogP contribution in [0.25, 0.3) is 22.0 Å². The lowest BCUT2D eigenvalue weighted by Crippen LogP contribution is -2.04. The molecule has 0 aliphatic heterocycles. The summed E-state index contributed by atoms with van der Waals surface area (Å²) in [4.78, 5) is 2.29. The van der Waals surface area contributed by atoms with E-state index < -0.39 is 17.7 Å². The summed E-state index contributed by atoms with van der Waals surface area (Å²) in [5.74, 6) is -0.392. The summed E-state index contributed by atoms with van der Waals surface area (Å²) in [5.41, 5.74) is 0.665. The van der Waals surface area contributed by atoms with Crippen LogP contribution in [0.4, 0.5) is 17.6 Å². The maximum atomic E-state index is 12.9. The Bertz CT molecular complexity index is 803. The van der Waals surface area contributed by atoms with Crippen molar-refractivity contribution >= 4 is 22.5 Å². The first-order valence-electron chi connectivity index (χ1n) is 6.00. The number of rotatable bonds is 1. The molecular formula is C15H8ClF4N. The van der Waals surface area contributed by atoms with Gasteiger partial charge in [0, 0.05) is 16.5 Å². The summed E-state index contributed by atoms with van der Waals surface area (Å²) in [6.45, 7) is 0. The lowest BCUT2D eigenvalue weighted by atomic mass is 10.0. The molecule has 0 fully saturated rings. The Morgan fingerprint density at radius 1 is 0.952 bits per heavy atom. The fourth-order valence-corrected chi connectivity index (χ4v) is 2.43. The van der Waals surface area contributed by atoms with Gasteiger partial charge in [0.1, 0.15) is 11.5 Å². The molecule has 3 aromatic rings. The van der Waals surface area contributed by atoms with E-state index in [1.165, 1.54) is 30.3 Å². The average Bonchev–Trinajstić information content (AvgIpc) is 2.81. The molecule has 108 valence electrons. The van der Waals surface area contributed by atoms with Crippen molar-refractivity contribution in [2.24, 2.45) is 0 Å². The minimum absolute atomic E-state index is 0.296. The van der Waals surface area contributed by atoms with Crippen molar-refractivity contribution in [1.82, 2.24) is 4.98 Å². The highest BCUT2D eigenvalue weighted by Gasteiger charge is 2.32. The lowest BCUT2D eigenvalue weighted by molar-refractivity contribution is -0.140. The molecule has 0 spiro atoms. The first-order valence-corrected chi connectivity index (χ1v) is 6.38. The van der Waals surface area contributed by atoms with Crippen molar-refractivity contribution in [2.45, 2.75) is 6.18 Å². The SMILES string of the molecule is Fc1ccc(-c2cc3cc(C(F)(F)F)[nH]c3cc2Cl)cc1. The number of alkyl halides is 3. The monoisotopic (exact) mass is 313 g/mol. The number of fused-ring (bicyclic) bond motifs is 1. The number of halogens is 5. The van der Waals surface area contributed by atoms with Gasteiger partial charge >= 0.3 is 6.18 Å². The van der Waals surface area contributed by atoms with Crippen molar-refractivity contribution in [3.05, 3.63) is 59.0 Å². The number of H-pyrrole nitrogens is 1. The molecule has 0 aliphatic rings. The molecule has 1 nitrogen and oxygen atoms in total. The predicted octanol–water partition coefficient (Wildman–Crippen LogP) is 5.65. The van der Waals surface area contributed by atoms with Gasteiger partial charge in [0.15, 0.2) is 0 Å². The summed E-state index contributed by atoms with van der Waals surface area (Å²) in [7, 11) is 0. The topological polar surface area (TPSA) is 15.8 Å². The molecule has 0 aliphatic carbocycles. The van der Waals surface area contributed by atoms with Crippen molar-refractivity contribution in [3.8, 4) is 11.1 Å². The molecule has 0 atom stereocenters. The maximum Gasteiger partial charge on any atom is 0.431 e. The van der Waals surface area contributed by atoms with Gasteiger partial charge in [-0.05, 0) is 35.9 Å². The van der Waals surface area contributed by atoms with E-state index in [0.29, 0.717) is 27.1 Å². The third-order valence-corrected chi connectivity index (χ3v) is 3.48. The quantitative estimate of drug-likeness (QED) is 0.559. The highest BCUT2D eigenvalue weighted by Crippen LogP contribution is 2.36. The van der Waals surface area contributed by atoms with Gasteiger partial charge < -0.3 is 4.98 Å². The normalized spacial score (nSPS) is 12.0. The number of aromatic nitrogens is 1. The summed E-state index contributed by atoms with van der Waals surface area (Å²) in [6.07, 6.45) is -4.44. The van der Waals surface area contributed by atoms with Gasteiger partial charge in [-0.1, -0.05) is 23.7 Å². The number of hydrogen-bond donors (Lipinski definition) is 1. The highest BCUT2D eigenvalue weighted by atomic mass is 35.5. The fourth-order valence-electron chi connectivity index (χ4n) is 2.16. The van der Waals surface area contributed by atoms with Crippen LogP contribution in [0.1, 0.15) is 5.69 Å². The number of aromatic amines is 1. The van der Waals surface area contributed by atoms with E-state index >= 15 is 0 Å². The fraction of sp³-hybridized carbons (Fsp3) is 0.0667. The van der Waals surface area contributed by atoms with Gasteiger partial charge in [0.05, 0.1) is 5.02 Å². The minimum Gasteiger partial charge on any atom is -0.351 e. The lowest BCUT2D eigenvalue weighted by Gasteiger charge is -2.05. The second kappa shape index (κ2) is 4.77. The van der Waals surface area contributed by atoms with Crippen LogP contribution in [0.15, 0.2) is 42.5 Å². The van der Waals surface area contributed by atoms with E-state index in [1.807, 2.05) is 0 Å². The first-order chi connectivity index (χ1) is 9.84. The molecular weight excluding hydrogens is 306 g/mol. The maximum absolute atomic E-state index is 12.9. The Balaban J connectivity index is 2.16. The van der Waals surface area contributed by atoms with Gasteiger partial charge in [-0.25, -0.2) is 4.39 Å². The number of hydrogen-bond acceptors (Lipinski definition) is 0. The minimum atomic E-state index is -4.44. The molecule has 0 unspecified atom stereocenters. The first kappa shape index (κ1) is 13.9.